The zero-order valence-corrected chi connectivity index (χ0v) is 14.8. The fourth-order valence-corrected chi connectivity index (χ4v) is 3.05. The highest BCUT2D eigenvalue weighted by molar-refractivity contribution is 4.61. The standard InChI is InChI=1S/C19H42N2/c1-2-3-4-5-6-9-12-15-19(18-21)16-13-10-7-8-11-14-17-20/h19H,2-18,20-21H2,1H3. The number of rotatable bonds is 17. The summed E-state index contributed by atoms with van der Waals surface area (Å²) in [5.41, 5.74) is 11.4. The molecule has 128 valence electrons. The van der Waals surface area contributed by atoms with Crippen LogP contribution in [0.3, 0.4) is 0 Å². The minimum absolute atomic E-state index is 0.782. The summed E-state index contributed by atoms with van der Waals surface area (Å²) in [5.74, 6) is 0.782. The van der Waals surface area contributed by atoms with Crippen LogP contribution in [0.15, 0.2) is 0 Å². The van der Waals surface area contributed by atoms with Crippen LogP contribution in [0, 0.1) is 5.92 Å². The molecule has 0 rings (SSSR count). The summed E-state index contributed by atoms with van der Waals surface area (Å²) in [4.78, 5) is 0. The molecule has 0 saturated heterocycles. The SMILES string of the molecule is CCCCCCCCCC(CN)CCCCCCCCN. The average Bonchev–Trinajstić information content (AvgIpc) is 2.51. The third kappa shape index (κ3) is 16.1. The summed E-state index contributed by atoms with van der Waals surface area (Å²) in [6.07, 6.45) is 20.6. The molecule has 2 heteroatoms. The highest BCUT2D eigenvalue weighted by Crippen LogP contribution is 2.18. The van der Waals surface area contributed by atoms with E-state index in [9.17, 15) is 0 Å². The van der Waals surface area contributed by atoms with Crippen molar-refractivity contribution < 1.29 is 0 Å². The maximum Gasteiger partial charge on any atom is -0.00489 e. The molecule has 0 aliphatic carbocycles. The summed E-state index contributed by atoms with van der Waals surface area (Å²) in [7, 11) is 0. The Morgan fingerprint density at radius 2 is 1.00 bits per heavy atom. The number of unbranched alkanes of at least 4 members (excludes halogenated alkanes) is 11. The molecule has 0 aliphatic heterocycles. The summed E-state index contributed by atoms with van der Waals surface area (Å²) in [5, 5.41) is 0. The number of nitrogens with two attached hydrogens (primary N) is 2. The third-order valence-electron chi connectivity index (χ3n) is 4.62. The molecule has 0 spiro atoms. The molecule has 0 aromatic heterocycles. The van der Waals surface area contributed by atoms with Crippen LogP contribution in [0.1, 0.15) is 103 Å². The van der Waals surface area contributed by atoms with Crippen LogP contribution in [0.25, 0.3) is 0 Å². The van der Waals surface area contributed by atoms with E-state index in [1.54, 1.807) is 0 Å². The molecule has 4 N–H and O–H groups in total. The monoisotopic (exact) mass is 298 g/mol. The van der Waals surface area contributed by atoms with E-state index in [-0.39, 0.29) is 0 Å². The van der Waals surface area contributed by atoms with E-state index in [1.165, 1.54) is 96.3 Å². The van der Waals surface area contributed by atoms with Crippen molar-refractivity contribution in [1.82, 2.24) is 0 Å². The Morgan fingerprint density at radius 1 is 0.571 bits per heavy atom. The van der Waals surface area contributed by atoms with Crippen LogP contribution in [-0.4, -0.2) is 13.1 Å². The maximum absolute atomic E-state index is 5.92. The topological polar surface area (TPSA) is 52.0 Å². The first kappa shape index (κ1) is 20.9. The number of hydrogen-bond donors (Lipinski definition) is 2. The van der Waals surface area contributed by atoms with Crippen LogP contribution in [0.4, 0.5) is 0 Å². The van der Waals surface area contributed by atoms with Gasteiger partial charge in [-0.3, -0.25) is 0 Å². The smallest absolute Gasteiger partial charge is 0.00489 e. The number of hydrogen-bond acceptors (Lipinski definition) is 2. The van der Waals surface area contributed by atoms with E-state index in [0.29, 0.717) is 0 Å². The van der Waals surface area contributed by atoms with Gasteiger partial charge in [0.2, 0.25) is 0 Å². The van der Waals surface area contributed by atoms with Gasteiger partial charge in [0, 0.05) is 0 Å². The Labute approximate surface area is 134 Å². The molecule has 0 amide bonds. The Balaban J connectivity index is 3.29. The van der Waals surface area contributed by atoms with E-state index in [0.717, 1.165) is 19.0 Å². The molecule has 0 heterocycles. The van der Waals surface area contributed by atoms with Gasteiger partial charge >= 0.3 is 0 Å². The summed E-state index contributed by atoms with van der Waals surface area (Å²) in [6, 6.07) is 0. The minimum atomic E-state index is 0.782. The van der Waals surface area contributed by atoms with Crippen molar-refractivity contribution in [2.24, 2.45) is 17.4 Å². The van der Waals surface area contributed by atoms with Gasteiger partial charge in [-0.25, -0.2) is 0 Å². The zero-order valence-electron chi connectivity index (χ0n) is 14.8. The summed E-state index contributed by atoms with van der Waals surface area (Å²) in [6.45, 7) is 4.03. The van der Waals surface area contributed by atoms with Crippen LogP contribution in [-0.2, 0) is 0 Å². The zero-order chi connectivity index (χ0) is 15.6. The molecular formula is C19H42N2. The molecule has 0 saturated carbocycles. The van der Waals surface area contributed by atoms with Crippen molar-refractivity contribution >= 4 is 0 Å². The highest BCUT2D eigenvalue weighted by atomic mass is 14.5. The lowest BCUT2D eigenvalue weighted by atomic mass is 9.94. The van der Waals surface area contributed by atoms with Gasteiger partial charge in [-0.05, 0) is 38.3 Å². The predicted molar refractivity (Wildman–Crippen MR) is 96.5 cm³/mol. The highest BCUT2D eigenvalue weighted by Gasteiger charge is 2.06. The molecular weight excluding hydrogens is 256 g/mol. The van der Waals surface area contributed by atoms with Crippen molar-refractivity contribution in [2.75, 3.05) is 13.1 Å². The van der Waals surface area contributed by atoms with Crippen molar-refractivity contribution in [1.29, 1.82) is 0 Å². The third-order valence-corrected chi connectivity index (χ3v) is 4.62. The molecule has 1 atom stereocenters. The van der Waals surface area contributed by atoms with E-state index in [2.05, 4.69) is 6.92 Å². The van der Waals surface area contributed by atoms with Gasteiger partial charge in [0.15, 0.2) is 0 Å². The first-order valence-corrected chi connectivity index (χ1v) is 9.75. The van der Waals surface area contributed by atoms with Crippen LogP contribution >= 0.6 is 0 Å². The van der Waals surface area contributed by atoms with Crippen LogP contribution in [0.5, 0.6) is 0 Å². The van der Waals surface area contributed by atoms with E-state index < -0.39 is 0 Å². The second kappa shape index (κ2) is 18.0. The van der Waals surface area contributed by atoms with Crippen molar-refractivity contribution in [3.8, 4) is 0 Å². The molecule has 0 aromatic carbocycles. The molecule has 0 aromatic rings. The van der Waals surface area contributed by atoms with Crippen LogP contribution < -0.4 is 11.5 Å². The second-order valence-electron chi connectivity index (χ2n) is 6.71. The molecule has 2 nitrogen and oxygen atoms in total. The van der Waals surface area contributed by atoms with Crippen LogP contribution in [0.2, 0.25) is 0 Å². The lowest BCUT2D eigenvalue weighted by Gasteiger charge is -2.14. The first-order chi connectivity index (χ1) is 10.3. The molecule has 0 bridgehead atoms. The van der Waals surface area contributed by atoms with Gasteiger partial charge in [0.1, 0.15) is 0 Å². The maximum atomic E-state index is 5.92. The Bertz CT molecular complexity index is 164. The lowest BCUT2D eigenvalue weighted by molar-refractivity contribution is 0.410. The molecule has 21 heavy (non-hydrogen) atoms. The average molecular weight is 299 g/mol. The van der Waals surface area contributed by atoms with Gasteiger partial charge < -0.3 is 11.5 Å². The first-order valence-electron chi connectivity index (χ1n) is 9.75. The van der Waals surface area contributed by atoms with Crippen molar-refractivity contribution in [2.45, 2.75) is 103 Å². The van der Waals surface area contributed by atoms with Crippen molar-refractivity contribution in [3.05, 3.63) is 0 Å². The largest absolute Gasteiger partial charge is 0.330 e. The minimum Gasteiger partial charge on any atom is -0.330 e. The Morgan fingerprint density at radius 3 is 1.43 bits per heavy atom. The fraction of sp³-hybridized carbons (Fsp3) is 1.00. The van der Waals surface area contributed by atoms with Gasteiger partial charge in [-0.15, -0.1) is 0 Å². The predicted octanol–water partition coefficient (Wildman–Crippen LogP) is 5.39. The fourth-order valence-electron chi connectivity index (χ4n) is 3.05. The van der Waals surface area contributed by atoms with Gasteiger partial charge in [-0.1, -0.05) is 84.0 Å². The lowest BCUT2D eigenvalue weighted by Crippen LogP contribution is -2.14. The van der Waals surface area contributed by atoms with Gasteiger partial charge in [-0.2, -0.15) is 0 Å². The van der Waals surface area contributed by atoms with Gasteiger partial charge in [0.25, 0.3) is 0 Å². The summed E-state index contributed by atoms with van der Waals surface area (Å²) >= 11 is 0. The summed E-state index contributed by atoms with van der Waals surface area (Å²) < 4.78 is 0. The molecule has 0 aliphatic rings. The Kier molecular flexibility index (Phi) is 17.9. The Hall–Kier alpha value is -0.0800. The second-order valence-corrected chi connectivity index (χ2v) is 6.71. The normalized spacial score (nSPS) is 12.7. The molecule has 0 fully saturated rings. The van der Waals surface area contributed by atoms with Crippen molar-refractivity contribution in [3.63, 3.8) is 0 Å². The van der Waals surface area contributed by atoms with E-state index >= 15 is 0 Å². The molecule has 1 unspecified atom stereocenters. The van der Waals surface area contributed by atoms with E-state index in [1.807, 2.05) is 0 Å². The van der Waals surface area contributed by atoms with E-state index in [4.69, 9.17) is 11.5 Å². The molecule has 0 radical (unpaired) electrons. The van der Waals surface area contributed by atoms with Gasteiger partial charge in [0.05, 0.1) is 0 Å². The quantitative estimate of drug-likeness (QED) is 0.354.